The Morgan fingerprint density at radius 2 is 1.64 bits per heavy atom. The molecule has 6 aromatic rings. The molecule has 45 heavy (non-hydrogen) atoms. The predicted molar refractivity (Wildman–Crippen MR) is 166 cm³/mol. The molecule has 12 heteroatoms. The van der Waals surface area contributed by atoms with Crippen LogP contribution in [-0.2, 0) is 12.8 Å². The molecule has 0 unspecified atom stereocenters. The zero-order chi connectivity index (χ0) is 31.7. The van der Waals surface area contributed by atoms with Crippen LogP contribution in [0.15, 0.2) is 113 Å². The van der Waals surface area contributed by atoms with Gasteiger partial charge in [-0.3, -0.25) is 14.9 Å². The van der Waals surface area contributed by atoms with Gasteiger partial charge in [0, 0.05) is 17.2 Å². The monoisotopic (exact) mass is 628 g/mol. The van der Waals surface area contributed by atoms with Crippen molar-refractivity contribution in [1.82, 2.24) is 9.66 Å². The number of rotatable bonds is 7. The molecule has 0 saturated heterocycles. The van der Waals surface area contributed by atoms with Crippen LogP contribution in [0.4, 0.5) is 18.9 Å². The lowest BCUT2D eigenvalue weighted by Gasteiger charge is -2.12. The van der Waals surface area contributed by atoms with E-state index >= 15 is 0 Å². The molecule has 0 amide bonds. The first-order valence-corrected chi connectivity index (χ1v) is 13.8. The van der Waals surface area contributed by atoms with E-state index in [1.807, 2.05) is 42.5 Å². The Bertz CT molecular complexity index is 2190. The average molecular weight is 629 g/mol. The molecule has 0 saturated carbocycles. The summed E-state index contributed by atoms with van der Waals surface area (Å²) in [4.78, 5) is 29.3. The van der Waals surface area contributed by atoms with Gasteiger partial charge < -0.3 is 4.74 Å². The van der Waals surface area contributed by atoms with Gasteiger partial charge in [-0.2, -0.15) is 22.9 Å². The zero-order valence-electron chi connectivity index (χ0n) is 23.0. The van der Waals surface area contributed by atoms with E-state index in [0.29, 0.717) is 0 Å². The molecule has 0 aliphatic carbocycles. The minimum Gasteiger partial charge on any atom is -0.481 e. The third-order valence-corrected chi connectivity index (χ3v) is 7.30. The number of alkyl halides is 3. The van der Waals surface area contributed by atoms with E-state index in [2.05, 4.69) is 10.1 Å². The largest absolute Gasteiger partial charge is 0.481 e. The summed E-state index contributed by atoms with van der Waals surface area (Å²) < 4.78 is 47.1. The Labute approximate surface area is 257 Å². The minimum atomic E-state index is -4.63. The third kappa shape index (κ3) is 5.98. The molecule has 1 aromatic heterocycles. The third-order valence-electron chi connectivity index (χ3n) is 7.02. The van der Waals surface area contributed by atoms with E-state index in [1.165, 1.54) is 30.3 Å². The second-order valence-corrected chi connectivity index (χ2v) is 10.3. The number of ether oxygens (including phenoxy) is 1. The summed E-state index contributed by atoms with van der Waals surface area (Å²) in [6, 6.07) is 26.5. The molecule has 5 aromatic carbocycles. The SMILES string of the molecule is O=c1c2ccccc2nc(-c2cccc(C(F)(F)F)c2)n1N=Cc1cc(Cl)c(OCc2cccc3ccccc23)c([N+](=O)[O-])c1. The number of nitro benzene ring substituents is 1. The van der Waals surface area contributed by atoms with Gasteiger partial charge in [-0.25, -0.2) is 4.98 Å². The van der Waals surface area contributed by atoms with Crippen molar-refractivity contribution in [3.8, 4) is 17.1 Å². The number of halogens is 4. The van der Waals surface area contributed by atoms with Crippen LogP contribution >= 0.6 is 11.6 Å². The number of hydrogen-bond acceptors (Lipinski definition) is 6. The van der Waals surface area contributed by atoms with Crippen LogP contribution in [0.2, 0.25) is 5.02 Å². The summed E-state index contributed by atoms with van der Waals surface area (Å²) in [7, 11) is 0. The van der Waals surface area contributed by atoms with Crippen LogP contribution in [-0.4, -0.2) is 20.8 Å². The average Bonchev–Trinajstić information content (AvgIpc) is 3.03. The smallest absolute Gasteiger partial charge is 0.416 e. The van der Waals surface area contributed by atoms with Crippen molar-refractivity contribution in [2.45, 2.75) is 12.8 Å². The van der Waals surface area contributed by atoms with Crippen LogP contribution in [0, 0.1) is 10.1 Å². The van der Waals surface area contributed by atoms with Crippen molar-refractivity contribution in [2.24, 2.45) is 5.10 Å². The fourth-order valence-electron chi connectivity index (χ4n) is 4.90. The predicted octanol–water partition coefficient (Wildman–Crippen LogP) is 8.26. The number of aromatic nitrogens is 2. The van der Waals surface area contributed by atoms with Gasteiger partial charge in [-0.05, 0) is 46.7 Å². The van der Waals surface area contributed by atoms with Crippen molar-refractivity contribution in [3.05, 3.63) is 145 Å². The fourth-order valence-corrected chi connectivity index (χ4v) is 5.17. The molecule has 0 radical (unpaired) electrons. The van der Waals surface area contributed by atoms with Crippen LogP contribution in [0.1, 0.15) is 16.7 Å². The van der Waals surface area contributed by atoms with Crippen molar-refractivity contribution < 1.29 is 22.8 Å². The van der Waals surface area contributed by atoms with Crippen LogP contribution in [0.5, 0.6) is 5.75 Å². The summed E-state index contributed by atoms with van der Waals surface area (Å²) in [6.45, 7) is 0.00779. The fraction of sp³-hybridized carbons (Fsp3) is 0.0606. The molecule has 8 nitrogen and oxygen atoms in total. The molecule has 0 atom stereocenters. The normalized spacial score (nSPS) is 11.8. The lowest BCUT2D eigenvalue weighted by atomic mass is 10.1. The maximum absolute atomic E-state index is 13.5. The van der Waals surface area contributed by atoms with Gasteiger partial charge in [0.05, 0.1) is 32.6 Å². The van der Waals surface area contributed by atoms with Gasteiger partial charge >= 0.3 is 11.9 Å². The van der Waals surface area contributed by atoms with Crippen molar-refractivity contribution in [3.63, 3.8) is 0 Å². The van der Waals surface area contributed by atoms with E-state index in [9.17, 15) is 28.1 Å². The van der Waals surface area contributed by atoms with E-state index in [4.69, 9.17) is 16.3 Å². The molecule has 0 fully saturated rings. The number of fused-ring (bicyclic) bond motifs is 2. The molecule has 0 N–H and O–H groups in total. The standard InChI is InChI=1S/C33H20ClF3N4O4/c34-27-15-20(16-29(41(43)44)30(27)45-19-23-10-5-8-21-7-1-2-12-25(21)23)18-38-40-31(22-9-6-11-24(17-22)33(35,36)37)39-28-14-4-3-13-26(28)32(40)42/h1-18H,19H2. The molecule has 224 valence electrons. The second-order valence-electron chi connectivity index (χ2n) is 9.93. The summed E-state index contributed by atoms with van der Waals surface area (Å²) in [5.74, 6) is -0.308. The van der Waals surface area contributed by atoms with E-state index in [1.54, 1.807) is 18.2 Å². The van der Waals surface area contributed by atoms with Crippen molar-refractivity contribution in [1.29, 1.82) is 0 Å². The quantitative estimate of drug-likeness (QED) is 0.101. The minimum absolute atomic E-state index is 0.00779. The highest BCUT2D eigenvalue weighted by Gasteiger charge is 2.31. The highest BCUT2D eigenvalue weighted by Crippen LogP contribution is 2.37. The van der Waals surface area contributed by atoms with Gasteiger partial charge in [-0.1, -0.05) is 78.3 Å². The van der Waals surface area contributed by atoms with Gasteiger partial charge in [0.15, 0.2) is 5.82 Å². The number of nitro groups is 1. The van der Waals surface area contributed by atoms with E-state index < -0.39 is 27.9 Å². The molecule has 1 heterocycles. The van der Waals surface area contributed by atoms with E-state index in [-0.39, 0.29) is 45.2 Å². The van der Waals surface area contributed by atoms with Gasteiger partial charge in [0.2, 0.25) is 5.75 Å². The first kappa shape index (κ1) is 29.5. The summed E-state index contributed by atoms with van der Waals surface area (Å²) in [6.07, 6.45) is -3.49. The number of hydrogen-bond donors (Lipinski definition) is 0. The Morgan fingerprint density at radius 3 is 2.42 bits per heavy atom. The summed E-state index contributed by atoms with van der Waals surface area (Å²) in [5.41, 5.74) is -0.835. The van der Waals surface area contributed by atoms with Gasteiger partial charge in [-0.15, -0.1) is 0 Å². The Kier molecular flexibility index (Phi) is 7.78. The first-order valence-electron chi connectivity index (χ1n) is 13.4. The summed E-state index contributed by atoms with van der Waals surface area (Å²) in [5, 5.41) is 18.3. The Hall–Kier alpha value is -5.55. The van der Waals surface area contributed by atoms with Gasteiger partial charge in [0.1, 0.15) is 6.61 Å². The number of benzene rings is 5. The van der Waals surface area contributed by atoms with Crippen LogP contribution in [0.3, 0.4) is 0 Å². The van der Waals surface area contributed by atoms with Gasteiger partial charge in [0.25, 0.3) is 5.56 Å². The molecular formula is C33H20ClF3N4O4. The van der Waals surface area contributed by atoms with E-state index in [0.717, 1.165) is 39.4 Å². The molecule has 0 aliphatic rings. The van der Waals surface area contributed by atoms with Crippen molar-refractivity contribution >= 4 is 45.2 Å². The van der Waals surface area contributed by atoms with Crippen LogP contribution < -0.4 is 10.3 Å². The summed E-state index contributed by atoms with van der Waals surface area (Å²) >= 11 is 6.46. The highest BCUT2D eigenvalue weighted by atomic mass is 35.5. The lowest BCUT2D eigenvalue weighted by molar-refractivity contribution is -0.385. The molecule has 6 rings (SSSR count). The molecule has 0 bridgehead atoms. The highest BCUT2D eigenvalue weighted by molar-refractivity contribution is 6.32. The molecule has 0 spiro atoms. The second kappa shape index (κ2) is 11.9. The number of para-hydroxylation sites is 1. The van der Waals surface area contributed by atoms with Crippen LogP contribution in [0.25, 0.3) is 33.1 Å². The molecule has 0 aliphatic heterocycles. The Balaban J connectivity index is 1.40. The Morgan fingerprint density at radius 1 is 0.933 bits per heavy atom. The number of nitrogens with zero attached hydrogens (tertiary/aromatic N) is 4. The van der Waals surface area contributed by atoms with Crippen molar-refractivity contribution in [2.75, 3.05) is 0 Å². The topological polar surface area (TPSA) is 99.6 Å². The molecular weight excluding hydrogens is 609 g/mol. The maximum Gasteiger partial charge on any atom is 0.416 e. The first-order chi connectivity index (χ1) is 21.6. The lowest BCUT2D eigenvalue weighted by Crippen LogP contribution is -2.20. The zero-order valence-corrected chi connectivity index (χ0v) is 23.8. The maximum atomic E-state index is 13.5.